The molecule has 0 saturated carbocycles. The zero-order valence-electron chi connectivity index (χ0n) is 18.2. The van der Waals surface area contributed by atoms with Crippen LogP contribution in [-0.4, -0.2) is 14.3 Å². The van der Waals surface area contributed by atoms with E-state index in [0.29, 0.717) is 10.9 Å². The maximum absolute atomic E-state index is 13.8. The molecule has 0 bridgehead atoms. The molecule has 0 saturated heterocycles. The Bertz CT molecular complexity index is 1690. The van der Waals surface area contributed by atoms with E-state index >= 15 is 0 Å². The maximum atomic E-state index is 13.8. The Hall–Kier alpha value is -4.30. The van der Waals surface area contributed by atoms with E-state index in [2.05, 4.69) is 9.50 Å². The summed E-state index contributed by atoms with van der Waals surface area (Å²) in [7, 11) is -4.28. The van der Waals surface area contributed by atoms with Crippen molar-refractivity contribution >= 4 is 32.9 Å². The van der Waals surface area contributed by atoms with Gasteiger partial charge in [-0.05, 0) is 35.9 Å². The number of halogens is 5. The summed E-state index contributed by atoms with van der Waals surface area (Å²) in [6.45, 7) is 0. The second-order valence-corrected chi connectivity index (χ2v) is 8.73. The van der Waals surface area contributed by atoms with Crippen LogP contribution < -0.4 is 20.3 Å². The van der Waals surface area contributed by atoms with E-state index in [1.807, 2.05) is 0 Å². The molecule has 4 rings (SSSR count). The minimum Gasteiger partial charge on any atom is -0.422 e. The summed E-state index contributed by atoms with van der Waals surface area (Å²) < 4.78 is 99.3. The first kappa shape index (κ1) is 25.8. The van der Waals surface area contributed by atoms with Crippen LogP contribution in [0.5, 0.6) is 5.75 Å². The lowest BCUT2D eigenvalue weighted by molar-refractivity contribution is -0.115. The fourth-order valence-corrected chi connectivity index (χ4v) is 3.76. The van der Waals surface area contributed by atoms with Crippen molar-refractivity contribution in [1.29, 1.82) is 0 Å². The van der Waals surface area contributed by atoms with Crippen LogP contribution in [0.15, 0.2) is 57.7 Å². The zero-order valence-corrected chi connectivity index (χ0v) is 19.0. The van der Waals surface area contributed by atoms with Gasteiger partial charge in [0.1, 0.15) is 11.3 Å². The summed E-state index contributed by atoms with van der Waals surface area (Å²) in [5, 5.41) is 7.48. The molecule has 0 aliphatic rings. The van der Waals surface area contributed by atoms with E-state index in [-0.39, 0.29) is 22.6 Å². The number of hydrogen-bond donors (Lipinski definition) is 2. The molecular formula is C23H13F5N2O6S. The molecule has 37 heavy (non-hydrogen) atoms. The number of nitrogens with two attached hydrogens (primary N) is 1. The SMILES string of the molecule is NS(=O)(=O)Oc1ccc2cc(-c3ccc(NC(=O)Cc4c(F)c(F)c(F)c(F)c4F)cc3)c(=O)oc2c1. The predicted molar refractivity (Wildman–Crippen MR) is 120 cm³/mol. The number of nitrogens with one attached hydrogen (secondary N) is 1. The second-order valence-electron chi connectivity index (χ2n) is 7.57. The van der Waals surface area contributed by atoms with Crippen molar-refractivity contribution in [1.82, 2.24) is 0 Å². The molecule has 1 aromatic heterocycles. The highest BCUT2D eigenvalue weighted by Gasteiger charge is 2.27. The van der Waals surface area contributed by atoms with Crippen molar-refractivity contribution in [2.24, 2.45) is 5.14 Å². The third-order valence-corrected chi connectivity index (χ3v) is 5.46. The Kier molecular flexibility index (Phi) is 6.71. The van der Waals surface area contributed by atoms with Gasteiger partial charge in [-0.2, -0.15) is 13.6 Å². The number of benzene rings is 3. The lowest BCUT2D eigenvalue weighted by Gasteiger charge is -2.10. The highest BCUT2D eigenvalue weighted by Crippen LogP contribution is 2.27. The van der Waals surface area contributed by atoms with Crippen LogP contribution in [0.3, 0.4) is 0 Å². The molecule has 0 spiro atoms. The Balaban J connectivity index is 1.54. The summed E-state index contributed by atoms with van der Waals surface area (Å²) in [4.78, 5) is 24.6. The normalized spacial score (nSPS) is 11.5. The lowest BCUT2D eigenvalue weighted by atomic mass is 10.1. The molecule has 0 aliphatic heterocycles. The maximum Gasteiger partial charge on any atom is 0.380 e. The fraction of sp³-hybridized carbons (Fsp3) is 0.0435. The molecule has 14 heteroatoms. The lowest BCUT2D eigenvalue weighted by Crippen LogP contribution is -2.18. The molecule has 0 unspecified atom stereocenters. The van der Waals surface area contributed by atoms with Gasteiger partial charge in [-0.25, -0.2) is 26.7 Å². The molecule has 3 N–H and O–H groups in total. The number of fused-ring (bicyclic) bond motifs is 1. The molecule has 0 fully saturated rings. The molecule has 8 nitrogen and oxygen atoms in total. The minimum atomic E-state index is -4.28. The molecule has 3 aromatic carbocycles. The van der Waals surface area contributed by atoms with Crippen LogP contribution in [0.4, 0.5) is 27.6 Å². The minimum absolute atomic E-state index is 0.0203. The summed E-state index contributed by atoms with van der Waals surface area (Å²) in [6.07, 6.45) is -1.13. The van der Waals surface area contributed by atoms with Gasteiger partial charge in [0.2, 0.25) is 11.7 Å². The van der Waals surface area contributed by atoms with E-state index in [4.69, 9.17) is 9.56 Å². The van der Waals surface area contributed by atoms with Crippen LogP contribution in [0, 0.1) is 29.1 Å². The Morgan fingerprint density at radius 1 is 0.892 bits per heavy atom. The van der Waals surface area contributed by atoms with Crippen LogP contribution in [-0.2, 0) is 21.5 Å². The number of carbonyl (C=O) groups is 1. The fourth-order valence-electron chi connectivity index (χ4n) is 3.38. The molecule has 4 aromatic rings. The Morgan fingerprint density at radius 2 is 1.49 bits per heavy atom. The third kappa shape index (κ3) is 5.44. The molecule has 192 valence electrons. The molecule has 1 amide bonds. The largest absolute Gasteiger partial charge is 0.422 e. The average Bonchev–Trinajstić information content (AvgIpc) is 2.83. The van der Waals surface area contributed by atoms with Gasteiger partial charge in [0.25, 0.3) is 0 Å². The van der Waals surface area contributed by atoms with Crippen molar-refractivity contribution in [2.45, 2.75) is 6.42 Å². The number of anilines is 1. The van der Waals surface area contributed by atoms with Crippen LogP contribution in [0.25, 0.3) is 22.1 Å². The van der Waals surface area contributed by atoms with E-state index in [9.17, 15) is 40.0 Å². The van der Waals surface area contributed by atoms with Crippen molar-refractivity contribution < 1.29 is 43.8 Å². The molecule has 0 atom stereocenters. The molecule has 1 heterocycles. The number of carbonyl (C=O) groups excluding carboxylic acids is 1. The summed E-state index contributed by atoms with van der Waals surface area (Å²) in [5.41, 5.74) is -1.50. The van der Waals surface area contributed by atoms with E-state index in [1.165, 1.54) is 42.5 Å². The van der Waals surface area contributed by atoms with Crippen LogP contribution >= 0.6 is 0 Å². The summed E-state index contributed by atoms with van der Waals surface area (Å²) in [6, 6.07) is 10.8. The first-order valence-electron chi connectivity index (χ1n) is 10.0. The third-order valence-electron chi connectivity index (χ3n) is 5.04. The van der Waals surface area contributed by atoms with Crippen molar-refractivity contribution in [3.63, 3.8) is 0 Å². The topological polar surface area (TPSA) is 129 Å². The summed E-state index contributed by atoms with van der Waals surface area (Å²) >= 11 is 0. The van der Waals surface area contributed by atoms with E-state index in [0.717, 1.165) is 6.07 Å². The van der Waals surface area contributed by atoms with Gasteiger partial charge >= 0.3 is 15.9 Å². The zero-order chi connectivity index (χ0) is 27.1. The first-order valence-corrected chi connectivity index (χ1v) is 11.5. The average molecular weight is 540 g/mol. The standard InChI is InChI=1S/C23H13F5N2O6S/c24-18-15(19(25)21(27)22(28)20(18)26)9-17(31)30-12-4-1-10(2-5-12)14-7-11-3-6-13(36-37(29,33)34)8-16(11)35-23(14)32/h1-8H,9H2,(H,30,31)(H2,29,33,34). The molecule has 0 radical (unpaired) electrons. The highest BCUT2D eigenvalue weighted by atomic mass is 32.2. The monoisotopic (exact) mass is 540 g/mol. The van der Waals surface area contributed by atoms with Crippen molar-refractivity contribution in [3.8, 4) is 16.9 Å². The Morgan fingerprint density at radius 3 is 2.08 bits per heavy atom. The van der Waals surface area contributed by atoms with Crippen molar-refractivity contribution in [3.05, 3.63) is 93.6 Å². The van der Waals surface area contributed by atoms with Gasteiger partial charge in [-0.15, -0.1) is 0 Å². The quantitative estimate of drug-likeness (QED) is 0.165. The molecular weight excluding hydrogens is 527 g/mol. The van der Waals surface area contributed by atoms with Gasteiger partial charge < -0.3 is 13.9 Å². The van der Waals surface area contributed by atoms with Gasteiger partial charge in [0.15, 0.2) is 23.3 Å². The van der Waals surface area contributed by atoms with Crippen LogP contribution in [0.1, 0.15) is 5.56 Å². The van der Waals surface area contributed by atoms with Gasteiger partial charge in [0.05, 0.1) is 12.0 Å². The van der Waals surface area contributed by atoms with Crippen LogP contribution in [0.2, 0.25) is 0 Å². The highest BCUT2D eigenvalue weighted by molar-refractivity contribution is 7.84. The second kappa shape index (κ2) is 9.63. The first-order chi connectivity index (χ1) is 17.3. The predicted octanol–water partition coefficient (Wildman–Crippen LogP) is 3.92. The van der Waals surface area contributed by atoms with Crippen molar-refractivity contribution in [2.75, 3.05) is 5.32 Å². The van der Waals surface area contributed by atoms with E-state index in [1.54, 1.807) is 0 Å². The van der Waals surface area contributed by atoms with Gasteiger partial charge in [-0.1, -0.05) is 12.1 Å². The van der Waals surface area contributed by atoms with Gasteiger partial charge in [0, 0.05) is 22.7 Å². The van der Waals surface area contributed by atoms with E-state index < -0.39 is 62.9 Å². The Labute approximate surface area is 204 Å². The number of hydrogen-bond acceptors (Lipinski definition) is 6. The smallest absolute Gasteiger partial charge is 0.380 e. The molecule has 0 aliphatic carbocycles. The summed E-state index contributed by atoms with van der Waals surface area (Å²) in [5.74, 6) is -12.1. The number of rotatable bonds is 6. The number of amides is 1. The van der Waals surface area contributed by atoms with Gasteiger partial charge in [-0.3, -0.25) is 4.79 Å².